The van der Waals surface area contributed by atoms with Gasteiger partial charge in [-0.3, -0.25) is 9.69 Å². The Kier molecular flexibility index (Phi) is 4.40. The minimum Gasteiger partial charge on any atom is -0.486 e. The van der Waals surface area contributed by atoms with E-state index in [2.05, 4.69) is 21.7 Å². The van der Waals surface area contributed by atoms with Crippen LogP contribution in [0.4, 0.5) is 0 Å². The van der Waals surface area contributed by atoms with Crippen LogP contribution >= 0.6 is 11.3 Å². The van der Waals surface area contributed by atoms with Gasteiger partial charge in [0.25, 0.3) is 0 Å². The molecule has 4 rings (SSSR count). The summed E-state index contributed by atoms with van der Waals surface area (Å²) in [5.41, 5.74) is 1.36. The van der Waals surface area contributed by atoms with Crippen LogP contribution in [0.25, 0.3) is 0 Å². The summed E-state index contributed by atoms with van der Waals surface area (Å²) in [5.74, 6) is 1.54. The first-order chi connectivity index (χ1) is 11.8. The fraction of sp³-hybridized carbons (Fsp3) is 0.389. The second-order valence-corrected chi connectivity index (χ2v) is 7.13. The van der Waals surface area contributed by atoms with E-state index in [9.17, 15) is 4.79 Å². The molecule has 2 aliphatic rings. The Bertz CT molecular complexity index is 731. The molecule has 0 bridgehead atoms. The Morgan fingerprint density at radius 3 is 3.08 bits per heavy atom. The van der Waals surface area contributed by atoms with E-state index in [4.69, 9.17) is 9.47 Å². The third-order valence-electron chi connectivity index (χ3n) is 4.35. The van der Waals surface area contributed by atoms with Gasteiger partial charge < -0.3 is 14.8 Å². The van der Waals surface area contributed by atoms with Crippen molar-refractivity contribution in [1.29, 1.82) is 0 Å². The Morgan fingerprint density at radius 1 is 1.29 bits per heavy atom. The van der Waals surface area contributed by atoms with Gasteiger partial charge in [-0.2, -0.15) is 0 Å². The van der Waals surface area contributed by atoms with E-state index in [0.29, 0.717) is 19.7 Å². The molecule has 2 aromatic rings. The predicted molar refractivity (Wildman–Crippen MR) is 92.7 cm³/mol. The average Bonchev–Trinajstić information content (AvgIpc) is 3.07. The van der Waals surface area contributed by atoms with Crippen LogP contribution in [0, 0.1) is 0 Å². The molecule has 0 aliphatic carbocycles. The molecule has 2 aliphatic heterocycles. The lowest BCUT2D eigenvalue weighted by molar-refractivity contribution is -0.123. The number of para-hydroxylation sites is 2. The van der Waals surface area contributed by atoms with E-state index in [0.717, 1.165) is 31.0 Å². The molecule has 1 atom stereocenters. The quantitative estimate of drug-likeness (QED) is 0.922. The summed E-state index contributed by atoms with van der Waals surface area (Å²) >= 11 is 1.81. The maximum absolute atomic E-state index is 12.2. The Morgan fingerprint density at radius 2 is 2.17 bits per heavy atom. The maximum atomic E-state index is 12.2. The number of hydrogen-bond donors (Lipinski definition) is 1. The first-order valence-corrected chi connectivity index (χ1v) is 9.08. The van der Waals surface area contributed by atoms with Crippen LogP contribution in [0.3, 0.4) is 0 Å². The highest BCUT2D eigenvalue weighted by Gasteiger charge is 2.22. The largest absolute Gasteiger partial charge is 0.486 e. The second kappa shape index (κ2) is 6.83. The van der Waals surface area contributed by atoms with Crippen LogP contribution in [0.2, 0.25) is 0 Å². The van der Waals surface area contributed by atoms with Gasteiger partial charge in [0.1, 0.15) is 12.7 Å². The van der Waals surface area contributed by atoms with Crippen molar-refractivity contribution in [2.24, 2.45) is 0 Å². The minimum atomic E-state index is -0.145. The molecule has 0 radical (unpaired) electrons. The fourth-order valence-corrected chi connectivity index (χ4v) is 3.98. The van der Waals surface area contributed by atoms with E-state index >= 15 is 0 Å². The second-order valence-electron chi connectivity index (χ2n) is 6.13. The lowest BCUT2D eigenvalue weighted by Gasteiger charge is -2.28. The number of fused-ring (bicyclic) bond motifs is 2. The van der Waals surface area contributed by atoms with Crippen molar-refractivity contribution in [2.45, 2.75) is 19.1 Å². The predicted octanol–water partition coefficient (Wildman–Crippen LogP) is 2.06. The van der Waals surface area contributed by atoms with Crippen molar-refractivity contribution < 1.29 is 14.3 Å². The summed E-state index contributed by atoms with van der Waals surface area (Å²) in [5, 5.41) is 5.10. The molecule has 0 saturated heterocycles. The number of hydrogen-bond acceptors (Lipinski definition) is 5. The highest BCUT2D eigenvalue weighted by molar-refractivity contribution is 7.10. The van der Waals surface area contributed by atoms with Crippen molar-refractivity contribution in [1.82, 2.24) is 10.2 Å². The van der Waals surface area contributed by atoms with Gasteiger partial charge in [-0.15, -0.1) is 11.3 Å². The molecule has 1 aromatic heterocycles. The van der Waals surface area contributed by atoms with E-state index < -0.39 is 0 Å². The van der Waals surface area contributed by atoms with E-state index in [1.54, 1.807) is 0 Å². The monoisotopic (exact) mass is 344 g/mol. The van der Waals surface area contributed by atoms with Crippen molar-refractivity contribution >= 4 is 17.2 Å². The zero-order valence-corrected chi connectivity index (χ0v) is 14.2. The third-order valence-corrected chi connectivity index (χ3v) is 5.37. The van der Waals surface area contributed by atoms with Crippen LogP contribution in [-0.2, 0) is 17.8 Å². The molecule has 6 heteroatoms. The summed E-state index contributed by atoms with van der Waals surface area (Å²) in [6.45, 7) is 3.16. The van der Waals surface area contributed by atoms with Gasteiger partial charge in [-0.05, 0) is 35.6 Å². The molecule has 24 heavy (non-hydrogen) atoms. The molecule has 1 amide bonds. The molecule has 3 heterocycles. The molecule has 1 aromatic carbocycles. The van der Waals surface area contributed by atoms with Crippen LogP contribution in [0.15, 0.2) is 35.7 Å². The van der Waals surface area contributed by atoms with Crippen LogP contribution in [0.5, 0.6) is 11.5 Å². The van der Waals surface area contributed by atoms with Crippen molar-refractivity contribution in [2.75, 3.05) is 26.2 Å². The molecule has 0 unspecified atom stereocenters. The normalized spacial score (nSPS) is 19.6. The number of ether oxygens (including phenoxy) is 2. The topological polar surface area (TPSA) is 50.8 Å². The smallest absolute Gasteiger partial charge is 0.234 e. The van der Waals surface area contributed by atoms with E-state index in [1.165, 1.54) is 10.4 Å². The molecule has 5 nitrogen and oxygen atoms in total. The number of rotatable bonds is 4. The van der Waals surface area contributed by atoms with Crippen molar-refractivity contribution in [3.05, 3.63) is 46.2 Å². The summed E-state index contributed by atoms with van der Waals surface area (Å²) in [6, 6.07) is 9.77. The SMILES string of the molecule is O=C(CN1CCc2sccc2C1)NC[C@H]1COc2ccccc2O1. The molecular weight excluding hydrogens is 324 g/mol. The molecular formula is C18H20N2O3S. The zero-order chi connectivity index (χ0) is 16.4. The third kappa shape index (κ3) is 3.39. The maximum Gasteiger partial charge on any atom is 0.234 e. The van der Waals surface area contributed by atoms with Gasteiger partial charge in [0.15, 0.2) is 11.5 Å². The van der Waals surface area contributed by atoms with Gasteiger partial charge in [-0.25, -0.2) is 0 Å². The lowest BCUT2D eigenvalue weighted by Crippen LogP contribution is -2.45. The molecule has 0 fully saturated rings. The average molecular weight is 344 g/mol. The molecule has 0 spiro atoms. The Hall–Kier alpha value is -2.05. The fourth-order valence-electron chi connectivity index (χ4n) is 3.09. The van der Waals surface area contributed by atoms with E-state index in [1.807, 2.05) is 35.6 Å². The first kappa shape index (κ1) is 15.5. The number of nitrogens with one attached hydrogen (secondary N) is 1. The Balaban J connectivity index is 1.24. The van der Waals surface area contributed by atoms with Gasteiger partial charge >= 0.3 is 0 Å². The summed E-state index contributed by atoms with van der Waals surface area (Å²) < 4.78 is 11.5. The standard InChI is InChI=1S/C18H20N2O3S/c21-18(11-20-7-5-17-13(10-20)6-8-24-17)19-9-14-12-22-15-3-1-2-4-16(15)23-14/h1-4,6,8,14H,5,7,9-12H2,(H,19,21)/t14-/m0/s1. The number of nitrogens with zero attached hydrogens (tertiary/aromatic N) is 1. The van der Waals surface area contributed by atoms with Crippen LogP contribution in [0.1, 0.15) is 10.4 Å². The van der Waals surface area contributed by atoms with Gasteiger partial charge in [-0.1, -0.05) is 12.1 Å². The summed E-state index contributed by atoms with van der Waals surface area (Å²) in [4.78, 5) is 15.9. The van der Waals surface area contributed by atoms with Gasteiger partial charge in [0, 0.05) is 18.0 Å². The zero-order valence-electron chi connectivity index (χ0n) is 13.4. The van der Waals surface area contributed by atoms with Gasteiger partial charge in [0.2, 0.25) is 5.91 Å². The molecule has 0 saturated carbocycles. The van der Waals surface area contributed by atoms with Crippen LogP contribution < -0.4 is 14.8 Å². The van der Waals surface area contributed by atoms with Crippen molar-refractivity contribution in [3.8, 4) is 11.5 Å². The minimum absolute atomic E-state index is 0.0381. The van der Waals surface area contributed by atoms with Crippen molar-refractivity contribution in [3.63, 3.8) is 0 Å². The number of amides is 1. The van der Waals surface area contributed by atoms with Gasteiger partial charge in [0.05, 0.1) is 13.1 Å². The van der Waals surface area contributed by atoms with Crippen LogP contribution in [-0.4, -0.2) is 43.2 Å². The molecule has 1 N–H and O–H groups in total. The summed E-state index contributed by atoms with van der Waals surface area (Å²) in [7, 11) is 0. The first-order valence-electron chi connectivity index (χ1n) is 8.21. The highest BCUT2D eigenvalue weighted by atomic mass is 32.1. The number of benzene rings is 1. The van der Waals surface area contributed by atoms with E-state index in [-0.39, 0.29) is 12.0 Å². The highest BCUT2D eigenvalue weighted by Crippen LogP contribution is 2.30. The number of carbonyl (C=O) groups excluding carboxylic acids is 1. The number of carbonyl (C=O) groups is 1. The summed E-state index contributed by atoms with van der Waals surface area (Å²) in [6.07, 6.45) is 0.894. The Labute approximate surface area is 145 Å². The molecule has 126 valence electrons. The lowest BCUT2D eigenvalue weighted by atomic mass is 10.1. The number of thiophene rings is 1.